The van der Waals surface area contributed by atoms with E-state index in [1.807, 2.05) is 6.07 Å². The summed E-state index contributed by atoms with van der Waals surface area (Å²) in [6.45, 7) is 4.33. The Morgan fingerprint density at radius 3 is 2.71 bits per heavy atom. The van der Waals surface area contributed by atoms with Crippen LogP contribution in [0.2, 0.25) is 0 Å². The molecule has 3 nitrogen and oxygen atoms in total. The summed E-state index contributed by atoms with van der Waals surface area (Å²) in [4.78, 5) is 24.0. The van der Waals surface area contributed by atoms with E-state index in [4.69, 9.17) is 4.74 Å². The second-order valence-corrected chi connectivity index (χ2v) is 7.72. The number of rotatable bonds is 5. The molecule has 1 saturated heterocycles. The molecule has 1 saturated carbocycles. The normalized spacial score (nSPS) is 25.3. The lowest BCUT2D eigenvalue weighted by atomic mass is 9.76. The summed E-state index contributed by atoms with van der Waals surface area (Å²) in [5.41, 5.74) is 1.88. The molecule has 0 aromatic heterocycles. The molecule has 2 fully saturated rings. The van der Waals surface area contributed by atoms with Crippen LogP contribution in [0, 0.1) is 12.0 Å². The van der Waals surface area contributed by atoms with Gasteiger partial charge in [0.05, 0.1) is 0 Å². The fourth-order valence-corrected chi connectivity index (χ4v) is 4.26. The highest BCUT2D eigenvalue weighted by Crippen LogP contribution is 2.43. The number of ketones is 1. The Morgan fingerprint density at radius 2 is 2.04 bits per heavy atom. The van der Waals surface area contributed by atoms with E-state index in [0.717, 1.165) is 25.7 Å². The summed E-state index contributed by atoms with van der Waals surface area (Å²) in [6.07, 6.45) is 6.43. The summed E-state index contributed by atoms with van der Waals surface area (Å²) in [5.74, 6) is 0.498. The van der Waals surface area contributed by atoms with E-state index >= 15 is 0 Å². The zero-order chi connectivity index (χ0) is 17.2. The van der Waals surface area contributed by atoms with Gasteiger partial charge in [-0.3, -0.25) is 9.59 Å². The van der Waals surface area contributed by atoms with Crippen molar-refractivity contribution in [2.75, 3.05) is 0 Å². The molecule has 0 bridgehead atoms. The van der Waals surface area contributed by atoms with Crippen molar-refractivity contribution in [2.24, 2.45) is 5.92 Å². The average Bonchev–Trinajstić information content (AvgIpc) is 3.07. The van der Waals surface area contributed by atoms with E-state index in [-0.39, 0.29) is 18.2 Å². The largest absolute Gasteiger partial charge is 0.458 e. The smallest absolute Gasteiger partial charge is 0.313 e. The molecule has 1 aliphatic heterocycles. The molecule has 1 atom stereocenters. The Morgan fingerprint density at radius 1 is 1.29 bits per heavy atom. The lowest BCUT2D eigenvalue weighted by Gasteiger charge is -2.41. The number of carbonyl (C=O) groups excluding carboxylic acids is 2. The van der Waals surface area contributed by atoms with Gasteiger partial charge in [-0.05, 0) is 54.7 Å². The van der Waals surface area contributed by atoms with Crippen molar-refractivity contribution in [3.63, 3.8) is 0 Å². The first-order valence-corrected chi connectivity index (χ1v) is 9.22. The van der Waals surface area contributed by atoms with Gasteiger partial charge in [0.25, 0.3) is 0 Å². The minimum Gasteiger partial charge on any atom is -0.458 e. The van der Waals surface area contributed by atoms with E-state index in [0.29, 0.717) is 18.3 Å². The number of hydrogen-bond acceptors (Lipinski definition) is 3. The minimum absolute atomic E-state index is 0.0439. The van der Waals surface area contributed by atoms with Crippen molar-refractivity contribution < 1.29 is 14.3 Å². The monoisotopic (exact) mass is 327 g/mol. The first-order valence-electron chi connectivity index (χ1n) is 9.22. The van der Waals surface area contributed by atoms with Crippen molar-refractivity contribution in [2.45, 2.75) is 76.7 Å². The van der Waals surface area contributed by atoms with Gasteiger partial charge >= 0.3 is 5.97 Å². The summed E-state index contributed by atoms with van der Waals surface area (Å²) in [6, 6.07) is 9.54. The first-order chi connectivity index (χ1) is 11.5. The van der Waals surface area contributed by atoms with Crippen LogP contribution in [-0.2, 0) is 20.7 Å². The third kappa shape index (κ3) is 3.71. The second-order valence-electron chi connectivity index (χ2n) is 7.72. The molecule has 1 radical (unpaired) electrons. The number of ether oxygens (including phenoxy) is 1. The Balaban J connectivity index is 1.78. The highest BCUT2D eigenvalue weighted by atomic mass is 16.6. The molecule has 0 amide bonds. The summed E-state index contributed by atoms with van der Waals surface area (Å²) >= 11 is 0. The Hall–Kier alpha value is -1.64. The lowest BCUT2D eigenvalue weighted by molar-refractivity contribution is -0.178. The van der Waals surface area contributed by atoms with Crippen molar-refractivity contribution in [3.05, 3.63) is 35.4 Å². The molecule has 1 unspecified atom stereocenters. The Bertz CT molecular complexity index is 595. The second kappa shape index (κ2) is 7.08. The van der Waals surface area contributed by atoms with Gasteiger partial charge in [-0.2, -0.15) is 0 Å². The fraction of sp³-hybridized carbons (Fsp3) is 0.619. The summed E-state index contributed by atoms with van der Waals surface area (Å²) < 4.78 is 5.86. The maximum atomic E-state index is 12.1. The van der Waals surface area contributed by atoms with Crippen molar-refractivity contribution >= 4 is 11.8 Å². The van der Waals surface area contributed by atoms with Crippen LogP contribution >= 0.6 is 0 Å². The number of hydrogen-bond donors (Lipinski definition) is 0. The third-order valence-electron chi connectivity index (χ3n) is 5.60. The maximum absolute atomic E-state index is 12.1. The molecule has 0 spiro atoms. The van der Waals surface area contributed by atoms with Crippen LogP contribution in [0.4, 0.5) is 0 Å². The minimum atomic E-state index is -0.569. The zero-order valence-corrected chi connectivity index (χ0v) is 14.8. The molecule has 1 aromatic carbocycles. The van der Waals surface area contributed by atoms with Gasteiger partial charge < -0.3 is 4.74 Å². The van der Waals surface area contributed by atoms with Crippen molar-refractivity contribution in [3.8, 4) is 0 Å². The highest BCUT2D eigenvalue weighted by Gasteiger charge is 2.47. The van der Waals surface area contributed by atoms with Crippen LogP contribution in [0.25, 0.3) is 0 Å². The fourth-order valence-electron chi connectivity index (χ4n) is 4.26. The van der Waals surface area contributed by atoms with Gasteiger partial charge in [0.15, 0.2) is 0 Å². The van der Waals surface area contributed by atoms with Gasteiger partial charge in [0.2, 0.25) is 0 Å². The number of aryl methyl sites for hydroxylation is 1. The van der Waals surface area contributed by atoms with Gasteiger partial charge in [0, 0.05) is 6.42 Å². The standard InChI is InChI=1S/C21H27O3/c1-15(2)17-7-5-6-16(12-17)10-11-21(18-8-3-4-9-18)14-19(22)13-20(23)24-21/h5-6,12,15,18H,3-4,8-11,13-14H2,1-2H3. The maximum Gasteiger partial charge on any atom is 0.313 e. The molecule has 1 aromatic rings. The van der Waals surface area contributed by atoms with Gasteiger partial charge in [-0.15, -0.1) is 0 Å². The number of esters is 1. The van der Waals surface area contributed by atoms with E-state index in [1.165, 1.54) is 24.0 Å². The molecule has 1 heterocycles. The zero-order valence-electron chi connectivity index (χ0n) is 14.8. The van der Waals surface area contributed by atoms with E-state index in [2.05, 4.69) is 32.0 Å². The molecule has 2 aliphatic rings. The molecule has 24 heavy (non-hydrogen) atoms. The third-order valence-corrected chi connectivity index (χ3v) is 5.60. The average molecular weight is 327 g/mol. The van der Waals surface area contributed by atoms with Gasteiger partial charge in [-0.1, -0.05) is 44.9 Å². The number of benzene rings is 1. The van der Waals surface area contributed by atoms with Crippen LogP contribution in [0.1, 0.15) is 75.8 Å². The van der Waals surface area contributed by atoms with Crippen LogP contribution in [0.3, 0.4) is 0 Å². The van der Waals surface area contributed by atoms with E-state index in [9.17, 15) is 9.59 Å². The van der Waals surface area contributed by atoms with Gasteiger partial charge in [0.1, 0.15) is 17.8 Å². The molecular weight excluding hydrogens is 300 g/mol. The van der Waals surface area contributed by atoms with Crippen LogP contribution in [-0.4, -0.2) is 17.4 Å². The van der Waals surface area contributed by atoms with Crippen molar-refractivity contribution in [1.82, 2.24) is 0 Å². The number of Topliss-reactive ketones (excluding diaryl/α,β-unsaturated/α-hetero) is 1. The SMILES string of the molecule is CC(C)c1[c]ccc(CCC2(C3CCCC3)CC(=O)CC(=O)O2)c1. The lowest BCUT2D eigenvalue weighted by Crippen LogP contribution is -2.48. The highest BCUT2D eigenvalue weighted by molar-refractivity contribution is 5.98. The van der Waals surface area contributed by atoms with Crippen LogP contribution in [0.5, 0.6) is 0 Å². The predicted octanol–water partition coefficient (Wildman–Crippen LogP) is 4.38. The number of carbonyl (C=O) groups is 2. The van der Waals surface area contributed by atoms with E-state index < -0.39 is 5.60 Å². The molecule has 3 rings (SSSR count). The quantitative estimate of drug-likeness (QED) is 0.595. The Labute approximate surface area is 144 Å². The van der Waals surface area contributed by atoms with Crippen LogP contribution in [0.15, 0.2) is 18.2 Å². The van der Waals surface area contributed by atoms with E-state index in [1.54, 1.807) is 0 Å². The Kier molecular flexibility index (Phi) is 5.07. The van der Waals surface area contributed by atoms with Gasteiger partial charge in [-0.25, -0.2) is 0 Å². The number of cyclic esters (lactones) is 1. The summed E-state index contributed by atoms with van der Waals surface area (Å²) in [5, 5.41) is 0. The first kappa shape index (κ1) is 17.2. The summed E-state index contributed by atoms with van der Waals surface area (Å²) in [7, 11) is 0. The molecule has 0 N–H and O–H groups in total. The molecule has 1 aliphatic carbocycles. The van der Waals surface area contributed by atoms with Crippen LogP contribution < -0.4 is 0 Å². The predicted molar refractivity (Wildman–Crippen MR) is 92.7 cm³/mol. The van der Waals surface area contributed by atoms with Crippen molar-refractivity contribution in [1.29, 1.82) is 0 Å². The molecular formula is C21H27O3. The topological polar surface area (TPSA) is 43.4 Å². The molecule has 3 heteroatoms. The molecule has 129 valence electrons.